The normalized spacial score (nSPS) is 19.1. The fourth-order valence-electron chi connectivity index (χ4n) is 1.80. The summed E-state index contributed by atoms with van der Waals surface area (Å²) in [5.41, 5.74) is -0.429. The molecule has 1 aliphatic rings. The molecule has 1 rings (SSSR count). The first kappa shape index (κ1) is 12.0. The van der Waals surface area contributed by atoms with Gasteiger partial charge in [0.2, 0.25) is 5.91 Å². The third kappa shape index (κ3) is 2.30. The van der Waals surface area contributed by atoms with Gasteiger partial charge < -0.3 is 4.90 Å². The van der Waals surface area contributed by atoms with E-state index in [1.807, 2.05) is 34.6 Å². The summed E-state index contributed by atoms with van der Waals surface area (Å²) in [7, 11) is 0. The van der Waals surface area contributed by atoms with E-state index in [1.165, 1.54) is 4.90 Å². The quantitative estimate of drug-likeness (QED) is 0.665. The summed E-state index contributed by atoms with van der Waals surface area (Å²) in [6, 6.07) is -0.01000. The maximum Gasteiger partial charge on any atom is 0.327 e. The lowest BCUT2D eigenvalue weighted by atomic mass is 10.0. The highest BCUT2D eigenvalue weighted by molar-refractivity contribution is 5.97. The predicted molar refractivity (Wildman–Crippen MR) is 58.5 cm³/mol. The first-order valence-corrected chi connectivity index (χ1v) is 5.39. The highest BCUT2D eigenvalue weighted by Gasteiger charge is 2.39. The van der Waals surface area contributed by atoms with E-state index >= 15 is 0 Å². The van der Waals surface area contributed by atoms with Gasteiger partial charge in [0.1, 0.15) is 0 Å². The van der Waals surface area contributed by atoms with Crippen molar-refractivity contribution in [2.75, 3.05) is 6.54 Å². The number of imide groups is 1. The van der Waals surface area contributed by atoms with E-state index in [-0.39, 0.29) is 18.0 Å². The first-order chi connectivity index (χ1) is 6.75. The Morgan fingerprint density at radius 2 is 1.73 bits per heavy atom. The Morgan fingerprint density at radius 1 is 1.20 bits per heavy atom. The second kappa shape index (κ2) is 3.83. The standard InChI is InChI=1S/C11H20N2O2/c1-8(2)12-7-6-9(14)13(10(12)15)11(3,4)5/h8H,6-7H2,1-5H3. The van der Waals surface area contributed by atoms with Crippen LogP contribution < -0.4 is 0 Å². The highest BCUT2D eigenvalue weighted by atomic mass is 16.2. The van der Waals surface area contributed by atoms with Crippen LogP contribution in [0.15, 0.2) is 0 Å². The summed E-state index contributed by atoms with van der Waals surface area (Å²) in [6.45, 7) is 10.1. The average molecular weight is 212 g/mol. The molecule has 1 aliphatic heterocycles. The molecular weight excluding hydrogens is 192 g/mol. The number of urea groups is 1. The zero-order valence-electron chi connectivity index (χ0n) is 10.2. The fraction of sp³-hybridized carbons (Fsp3) is 0.818. The number of hydrogen-bond donors (Lipinski definition) is 0. The second-order valence-corrected chi connectivity index (χ2v) is 5.22. The maximum absolute atomic E-state index is 12.1. The van der Waals surface area contributed by atoms with Crippen molar-refractivity contribution in [1.29, 1.82) is 0 Å². The van der Waals surface area contributed by atoms with Gasteiger partial charge in [-0.3, -0.25) is 9.69 Å². The van der Waals surface area contributed by atoms with Crippen molar-refractivity contribution in [2.24, 2.45) is 0 Å². The number of hydrogen-bond acceptors (Lipinski definition) is 2. The van der Waals surface area contributed by atoms with Crippen molar-refractivity contribution < 1.29 is 9.59 Å². The van der Waals surface area contributed by atoms with Gasteiger partial charge in [-0.1, -0.05) is 0 Å². The molecule has 3 amide bonds. The number of carbonyl (C=O) groups is 2. The van der Waals surface area contributed by atoms with Crippen LogP contribution in [0.5, 0.6) is 0 Å². The minimum absolute atomic E-state index is 0.0654. The Bertz CT molecular complexity index is 279. The van der Waals surface area contributed by atoms with Crippen molar-refractivity contribution in [1.82, 2.24) is 9.80 Å². The zero-order valence-corrected chi connectivity index (χ0v) is 10.2. The van der Waals surface area contributed by atoms with Crippen molar-refractivity contribution in [3.8, 4) is 0 Å². The molecule has 0 aromatic rings. The third-order valence-electron chi connectivity index (χ3n) is 2.55. The lowest BCUT2D eigenvalue weighted by molar-refractivity contribution is -0.135. The molecule has 0 radical (unpaired) electrons. The summed E-state index contributed by atoms with van der Waals surface area (Å²) >= 11 is 0. The number of nitrogens with zero attached hydrogens (tertiary/aromatic N) is 2. The van der Waals surface area contributed by atoms with Crippen molar-refractivity contribution >= 4 is 11.9 Å². The van der Waals surface area contributed by atoms with E-state index in [1.54, 1.807) is 4.90 Å². The Morgan fingerprint density at radius 3 is 2.13 bits per heavy atom. The van der Waals surface area contributed by atoms with E-state index in [2.05, 4.69) is 0 Å². The van der Waals surface area contributed by atoms with Gasteiger partial charge in [-0.05, 0) is 34.6 Å². The number of amides is 3. The highest BCUT2D eigenvalue weighted by Crippen LogP contribution is 2.22. The van der Waals surface area contributed by atoms with Crippen LogP contribution >= 0.6 is 0 Å². The molecule has 0 aromatic heterocycles. The van der Waals surface area contributed by atoms with E-state index < -0.39 is 5.54 Å². The zero-order chi connectivity index (χ0) is 11.8. The SMILES string of the molecule is CC(C)N1CCC(=O)N(C(C)(C)C)C1=O. The van der Waals surface area contributed by atoms with Crippen molar-refractivity contribution in [2.45, 2.75) is 52.6 Å². The lowest BCUT2D eigenvalue weighted by Gasteiger charge is -2.42. The smallest absolute Gasteiger partial charge is 0.321 e. The first-order valence-electron chi connectivity index (χ1n) is 5.39. The Kier molecular flexibility index (Phi) is 3.07. The van der Waals surface area contributed by atoms with Gasteiger partial charge >= 0.3 is 6.03 Å². The van der Waals surface area contributed by atoms with Gasteiger partial charge in [-0.25, -0.2) is 4.79 Å². The van der Waals surface area contributed by atoms with Crippen LogP contribution in [-0.2, 0) is 4.79 Å². The Balaban J connectivity index is 2.94. The molecule has 0 N–H and O–H groups in total. The molecule has 0 spiro atoms. The largest absolute Gasteiger partial charge is 0.327 e. The van der Waals surface area contributed by atoms with Crippen LogP contribution in [0, 0.1) is 0 Å². The molecule has 0 atom stereocenters. The molecule has 1 fully saturated rings. The molecule has 0 bridgehead atoms. The molecule has 1 saturated heterocycles. The minimum atomic E-state index is -0.429. The molecule has 4 heteroatoms. The molecule has 0 unspecified atom stereocenters. The van der Waals surface area contributed by atoms with E-state index in [4.69, 9.17) is 0 Å². The summed E-state index contributed by atoms with van der Waals surface area (Å²) in [5.74, 6) is -0.0654. The average Bonchev–Trinajstić information content (AvgIpc) is 2.00. The van der Waals surface area contributed by atoms with Crippen molar-refractivity contribution in [3.05, 3.63) is 0 Å². The van der Waals surface area contributed by atoms with Crippen molar-refractivity contribution in [3.63, 3.8) is 0 Å². The Hall–Kier alpha value is -1.06. The topological polar surface area (TPSA) is 40.6 Å². The van der Waals surface area contributed by atoms with E-state index in [0.717, 1.165) is 0 Å². The monoisotopic (exact) mass is 212 g/mol. The summed E-state index contributed by atoms with van der Waals surface area (Å²) < 4.78 is 0. The molecule has 0 saturated carbocycles. The number of carbonyl (C=O) groups excluding carboxylic acids is 2. The van der Waals surface area contributed by atoms with Gasteiger partial charge in [0.25, 0.3) is 0 Å². The third-order valence-corrected chi connectivity index (χ3v) is 2.55. The van der Waals surface area contributed by atoms with E-state index in [9.17, 15) is 9.59 Å². The van der Waals surface area contributed by atoms with Gasteiger partial charge in [0.05, 0.1) is 0 Å². The molecule has 0 aliphatic carbocycles. The maximum atomic E-state index is 12.1. The van der Waals surface area contributed by atoms with Crippen LogP contribution in [0.3, 0.4) is 0 Å². The van der Waals surface area contributed by atoms with Crippen LogP contribution in [0.4, 0.5) is 4.79 Å². The van der Waals surface area contributed by atoms with Gasteiger partial charge in [-0.15, -0.1) is 0 Å². The van der Waals surface area contributed by atoms with Gasteiger partial charge in [-0.2, -0.15) is 0 Å². The predicted octanol–water partition coefficient (Wildman–Crippen LogP) is 1.85. The minimum Gasteiger partial charge on any atom is -0.321 e. The van der Waals surface area contributed by atoms with E-state index in [0.29, 0.717) is 13.0 Å². The molecule has 15 heavy (non-hydrogen) atoms. The molecule has 1 heterocycles. The molecule has 0 aromatic carbocycles. The lowest BCUT2D eigenvalue weighted by Crippen LogP contribution is -2.60. The number of rotatable bonds is 1. The summed E-state index contributed by atoms with van der Waals surface area (Å²) in [4.78, 5) is 26.9. The van der Waals surface area contributed by atoms with Crippen LogP contribution in [0.2, 0.25) is 0 Å². The fourth-order valence-corrected chi connectivity index (χ4v) is 1.80. The molecule has 86 valence electrons. The molecular formula is C11H20N2O2. The van der Waals surface area contributed by atoms with Crippen LogP contribution in [0.25, 0.3) is 0 Å². The summed E-state index contributed by atoms with van der Waals surface area (Å²) in [5, 5.41) is 0. The van der Waals surface area contributed by atoms with Gasteiger partial charge in [0.15, 0.2) is 0 Å². The van der Waals surface area contributed by atoms with Gasteiger partial charge in [0, 0.05) is 24.5 Å². The van der Waals surface area contributed by atoms with Crippen LogP contribution in [0.1, 0.15) is 41.0 Å². The Labute approximate surface area is 91.2 Å². The molecule has 4 nitrogen and oxygen atoms in total. The second-order valence-electron chi connectivity index (χ2n) is 5.22. The summed E-state index contributed by atoms with van der Waals surface area (Å²) in [6.07, 6.45) is 0.432. The van der Waals surface area contributed by atoms with Crippen LogP contribution in [-0.4, -0.2) is 39.9 Å².